The molecular weight excluding hydrogens is 290 g/mol. The van der Waals surface area contributed by atoms with Crippen LogP contribution in [0.5, 0.6) is 5.88 Å². The summed E-state index contributed by atoms with van der Waals surface area (Å²) in [6.45, 7) is 3.83. The number of ether oxygens (including phenoxy) is 1. The Morgan fingerprint density at radius 3 is 2.71 bits per heavy atom. The van der Waals surface area contributed by atoms with E-state index in [1.54, 1.807) is 7.11 Å². The number of hydrogen-bond acceptors (Lipinski definition) is 5. The van der Waals surface area contributed by atoms with Crippen LogP contribution in [-0.4, -0.2) is 52.2 Å². The van der Waals surface area contributed by atoms with E-state index in [0.29, 0.717) is 11.4 Å². The van der Waals surface area contributed by atoms with Gasteiger partial charge in [-0.25, -0.2) is 9.97 Å². The van der Waals surface area contributed by atoms with E-state index in [1.165, 1.54) is 6.33 Å². The number of alkyl halides is 1. The topological polar surface area (TPSA) is 56.1 Å². The van der Waals surface area contributed by atoms with E-state index in [4.69, 9.17) is 16.3 Å². The number of rotatable bonds is 7. The first-order chi connectivity index (χ1) is 10.0. The molecule has 0 N–H and O–H groups in total. The summed E-state index contributed by atoms with van der Waals surface area (Å²) in [4.78, 5) is 15.2. The molecule has 1 unspecified atom stereocenters. The largest absolute Gasteiger partial charge is 0.479 e. The van der Waals surface area contributed by atoms with Crippen LogP contribution in [0, 0.1) is 0 Å². The Hall–Kier alpha value is -1.40. The molecule has 2 rings (SSSR count). The van der Waals surface area contributed by atoms with Crippen LogP contribution in [0.1, 0.15) is 31.0 Å². The molecule has 0 aliphatic heterocycles. The zero-order valence-corrected chi connectivity index (χ0v) is 13.8. The van der Waals surface area contributed by atoms with Gasteiger partial charge in [0.2, 0.25) is 5.88 Å². The average Bonchev–Trinajstić information content (AvgIpc) is 2.82. The number of halogens is 1. The number of imidazole rings is 1. The van der Waals surface area contributed by atoms with Crippen molar-refractivity contribution in [3.63, 3.8) is 0 Å². The van der Waals surface area contributed by atoms with Gasteiger partial charge in [0.1, 0.15) is 12.2 Å². The fraction of sp³-hybridized carbons (Fsp3) is 0.643. The summed E-state index contributed by atoms with van der Waals surface area (Å²) < 4.78 is 7.33. The maximum absolute atomic E-state index is 6.26. The Morgan fingerprint density at radius 2 is 2.10 bits per heavy atom. The SMILES string of the molecule is COc1ncnc2c1nc(C(C)Cl)n2CCCCN(C)C. The van der Waals surface area contributed by atoms with Crippen molar-refractivity contribution < 1.29 is 4.74 Å². The van der Waals surface area contributed by atoms with Gasteiger partial charge in [0.05, 0.1) is 12.5 Å². The highest BCUT2D eigenvalue weighted by atomic mass is 35.5. The Bertz CT molecular complexity index is 596. The number of nitrogens with zero attached hydrogens (tertiary/aromatic N) is 5. The lowest BCUT2D eigenvalue weighted by Crippen LogP contribution is -2.14. The third-order valence-corrected chi connectivity index (χ3v) is 3.51. The maximum atomic E-state index is 6.26. The second-order valence-corrected chi connectivity index (χ2v) is 5.96. The third-order valence-electron chi connectivity index (χ3n) is 3.31. The molecule has 0 saturated carbocycles. The molecule has 0 fully saturated rings. The number of aryl methyl sites for hydroxylation is 1. The number of hydrogen-bond donors (Lipinski definition) is 0. The number of unbranched alkanes of at least 4 members (excludes halogenated alkanes) is 1. The molecule has 21 heavy (non-hydrogen) atoms. The van der Waals surface area contributed by atoms with Gasteiger partial charge in [-0.2, -0.15) is 4.98 Å². The van der Waals surface area contributed by atoms with Crippen LogP contribution < -0.4 is 4.74 Å². The maximum Gasteiger partial charge on any atom is 0.245 e. The van der Waals surface area contributed by atoms with Gasteiger partial charge >= 0.3 is 0 Å². The smallest absolute Gasteiger partial charge is 0.245 e. The van der Waals surface area contributed by atoms with Crippen LogP contribution in [0.15, 0.2) is 6.33 Å². The normalized spacial score (nSPS) is 13.0. The van der Waals surface area contributed by atoms with Gasteiger partial charge in [0, 0.05) is 6.54 Å². The second kappa shape index (κ2) is 7.04. The lowest BCUT2D eigenvalue weighted by atomic mass is 10.3. The minimum Gasteiger partial charge on any atom is -0.479 e. The van der Waals surface area contributed by atoms with Crippen LogP contribution in [-0.2, 0) is 6.54 Å². The van der Waals surface area contributed by atoms with Crippen LogP contribution in [0.2, 0.25) is 0 Å². The van der Waals surface area contributed by atoms with Crippen molar-refractivity contribution in [1.82, 2.24) is 24.4 Å². The highest BCUT2D eigenvalue weighted by molar-refractivity contribution is 6.20. The summed E-state index contributed by atoms with van der Waals surface area (Å²) in [6, 6.07) is 0. The molecule has 0 aromatic carbocycles. The van der Waals surface area contributed by atoms with Gasteiger partial charge in [-0.05, 0) is 40.4 Å². The first-order valence-corrected chi connectivity index (χ1v) is 7.52. The lowest BCUT2D eigenvalue weighted by Gasteiger charge is -2.12. The Kier molecular flexibility index (Phi) is 5.36. The summed E-state index contributed by atoms with van der Waals surface area (Å²) in [5.41, 5.74) is 1.46. The van der Waals surface area contributed by atoms with E-state index in [0.717, 1.165) is 37.4 Å². The van der Waals surface area contributed by atoms with E-state index in [2.05, 4.69) is 38.5 Å². The third kappa shape index (κ3) is 3.63. The molecule has 2 aromatic rings. The fourth-order valence-corrected chi connectivity index (χ4v) is 2.47. The standard InChI is InChI=1S/C14H22ClN5O/c1-10(15)12-18-11-13(16-9-17-14(11)21-4)20(12)8-6-5-7-19(2)3/h9-10H,5-8H2,1-4H3. The summed E-state index contributed by atoms with van der Waals surface area (Å²) in [5.74, 6) is 1.31. The van der Waals surface area contributed by atoms with Crippen LogP contribution in [0.4, 0.5) is 0 Å². The predicted octanol–water partition coefficient (Wildman–Crippen LogP) is 2.48. The Balaban J connectivity index is 2.29. The average molecular weight is 312 g/mol. The van der Waals surface area contributed by atoms with E-state index >= 15 is 0 Å². The predicted molar refractivity (Wildman–Crippen MR) is 83.9 cm³/mol. The van der Waals surface area contributed by atoms with Crippen LogP contribution in [0.25, 0.3) is 11.2 Å². The molecular formula is C14H22ClN5O. The summed E-state index contributed by atoms with van der Waals surface area (Å²) >= 11 is 6.26. The van der Waals surface area contributed by atoms with Gasteiger partial charge in [-0.3, -0.25) is 0 Å². The molecule has 0 saturated heterocycles. The quantitative estimate of drug-likeness (QED) is 0.581. The van der Waals surface area contributed by atoms with Gasteiger partial charge in [0.25, 0.3) is 0 Å². The molecule has 6 nitrogen and oxygen atoms in total. The Labute approximate surface area is 130 Å². The molecule has 116 valence electrons. The molecule has 2 heterocycles. The van der Waals surface area contributed by atoms with E-state index < -0.39 is 0 Å². The lowest BCUT2D eigenvalue weighted by molar-refractivity contribution is 0.387. The summed E-state index contributed by atoms with van der Waals surface area (Å²) in [7, 11) is 5.75. The van der Waals surface area contributed by atoms with Gasteiger partial charge < -0.3 is 14.2 Å². The van der Waals surface area contributed by atoms with E-state index in [9.17, 15) is 0 Å². The number of methoxy groups -OCH3 is 1. The molecule has 7 heteroatoms. The Morgan fingerprint density at radius 1 is 1.33 bits per heavy atom. The molecule has 0 amide bonds. The molecule has 2 aromatic heterocycles. The monoisotopic (exact) mass is 311 g/mol. The second-order valence-electron chi connectivity index (χ2n) is 5.30. The molecule has 1 atom stereocenters. The van der Waals surface area contributed by atoms with Gasteiger partial charge in [-0.1, -0.05) is 0 Å². The van der Waals surface area contributed by atoms with Crippen molar-refractivity contribution in [1.29, 1.82) is 0 Å². The molecule has 0 radical (unpaired) electrons. The first-order valence-electron chi connectivity index (χ1n) is 7.08. The van der Waals surface area contributed by atoms with Crippen LogP contribution >= 0.6 is 11.6 Å². The van der Waals surface area contributed by atoms with Crippen molar-refractivity contribution in [2.24, 2.45) is 0 Å². The summed E-state index contributed by atoms with van der Waals surface area (Å²) in [6.07, 6.45) is 3.67. The number of fused-ring (bicyclic) bond motifs is 1. The summed E-state index contributed by atoms with van der Waals surface area (Å²) in [5, 5.41) is -0.183. The zero-order chi connectivity index (χ0) is 15.4. The minimum atomic E-state index is -0.183. The van der Waals surface area contributed by atoms with Crippen molar-refractivity contribution in [2.75, 3.05) is 27.7 Å². The van der Waals surface area contributed by atoms with Crippen molar-refractivity contribution in [3.8, 4) is 5.88 Å². The number of aromatic nitrogens is 4. The van der Waals surface area contributed by atoms with Crippen LogP contribution in [0.3, 0.4) is 0 Å². The minimum absolute atomic E-state index is 0.183. The van der Waals surface area contributed by atoms with Gasteiger partial charge in [-0.15, -0.1) is 11.6 Å². The highest BCUT2D eigenvalue weighted by Crippen LogP contribution is 2.27. The molecule has 0 spiro atoms. The van der Waals surface area contributed by atoms with E-state index in [1.807, 2.05) is 6.92 Å². The fourth-order valence-electron chi connectivity index (χ4n) is 2.30. The van der Waals surface area contributed by atoms with E-state index in [-0.39, 0.29) is 5.38 Å². The van der Waals surface area contributed by atoms with Crippen molar-refractivity contribution in [3.05, 3.63) is 12.2 Å². The first kappa shape index (κ1) is 16.0. The molecule has 0 aliphatic carbocycles. The molecule has 0 bridgehead atoms. The van der Waals surface area contributed by atoms with Crippen molar-refractivity contribution >= 4 is 22.8 Å². The molecule has 0 aliphatic rings. The zero-order valence-electron chi connectivity index (χ0n) is 13.0. The highest BCUT2D eigenvalue weighted by Gasteiger charge is 2.18. The van der Waals surface area contributed by atoms with Gasteiger partial charge in [0.15, 0.2) is 11.2 Å². The van der Waals surface area contributed by atoms with Crippen molar-refractivity contribution in [2.45, 2.75) is 31.7 Å².